The fraction of sp³-hybridized carbons (Fsp3) is 0.526. The van der Waals surface area contributed by atoms with Gasteiger partial charge in [0, 0.05) is 24.7 Å². The van der Waals surface area contributed by atoms with E-state index in [4.69, 9.17) is 5.41 Å². The molecule has 2 amide bonds. The normalized spacial score (nSPS) is 22.1. The molecule has 0 radical (unpaired) electrons. The number of hydrogen-bond acceptors (Lipinski definition) is 4. The Labute approximate surface area is 142 Å². The van der Waals surface area contributed by atoms with Crippen LogP contribution in [0.4, 0.5) is 5.69 Å². The molecule has 1 heterocycles. The van der Waals surface area contributed by atoms with Gasteiger partial charge in [-0.05, 0) is 36.8 Å². The van der Waals surface area contributed by atoms with Crippen molar-refractivity contribution in [2.24, 2.45) is 5.92 Å². The SMILES string of the molecule is CNc1cc(C2CCCCC2)ccc1C(=N)C1CCC(=O)NC1=O. The lowest BCUT2D eigenvalue weighted by Crippen LogP contribution is -2.44. The van der Waals surface area contributed by atoms with E-state index >= 15 is 0 Å². The Bertz CT molecular complexity index is 663. The van der Waals surface area contributed by atoms with Crippen LogP contribution >= 0.6 is 0 Å². The van der Waals surface area contributed by atoms with Gasteiger partial charge in [0.1, 0.15) is 0 Å². The van der Waals surface area contributed by atoms with E-state index in [2.05, 4.69) is 22.8 Å². The molecule has 1 unspecified atom stereocenters. The number of hydrogen-bond donors (Lipinski definition) is 3. The van der Waals surface area contributed by atoms with Gasteiger partial charge in [0.05, 0.1) is 11.6 Å². The number of rotatable bonds is 4. The van der Waals surface area contributed by atoms with E-state index in [0.29, 0.717) is 24.5 Å². The van der Waals surface area contributed by atoms with Gasteiger partial charge in [-0.25, -0.2) is 0 Å². The second-order valence-electron chi connectivity index (χ2n) is 6.81. The van der Waals surface area contributed by atoms with Crippen LogP contribution in [-0.4, -0.2) is 24.6 Å². The number of anilines is 1. The van der Waals surface area contributed by atoms with Gasteiger partial charge in [-0.15, -0.1) is 0 Å². The first-order valence-corrected chi connectivity index (χ1v) is 8.84. The van der Waals surface area contributed by atoms with Crippen LogP contribution in [0.5, 0.6) is 0 Å². The highest BCUT2D eigenvalue weighted by molar-refractivity contribution is 6.17. The van der Waals surface area contributed by atoms with E-state index in [0.717, 1.165) is 11.3 Å². The van der Waals surface area contributed by atoms with Crippen LogP contribution in [0, 0.1) is 11.3 Å². The molecule has 1 saturated heterocycles. The number of nitrogens with one attached hydrogen (secondary N) is 3. The number of carbonyl (C=O) groups is 2. The van der Waals surface area contributed by atoms with Crippen LogP contribution in [0.3, 0.4) is 0 Å². The van der Waals surface area contributed by atoms with Crippen molar-refractivity contribution in [2.45, 2.75) is 50.9 Å². The maximum atomic E-state index is 12.0. The number of amides is 2. The molecule has 0 aromatic heterocycles. The van der Waals surface area contributed by atoms with Gasteiger partial charge in [0.2, 0.25) is 11.8 Å². The summed E-state index contributed by atoms with van der Waals surface area (Å²) >= 11 is 0. The maximum Gasteiger partial charge on any atom is 0.235 e. The molecule has 5 heteroatoms. The third kappa shape index (κ3) is 3.35. The summed E-state index contributed by atoms with van der Waals surface area (Å²) in [7, 11) is 1.85. The van der Waals surface area contributed by atoms with Crippen molar-refractivity contribution < 1.29 is 9.59 Å². The number of imide groups is 1. The molecule has 0 bridgehead atoms. The molecule has 24 heavy (non-hydrogen) atoms. The van der Waals surface area contributed by atoms with Crippen molar-refractivity contribution in [1.82, 2.24) is 5.32 Å². The number of benzene rings is 1. The molecule has 1 aromatic carbocycles. The second-order valence-corrected chi connectivity index (χ2v) is 6.81. The molecule has 3 rings (SSSR count). The number of piperidine rings is 1. The van der Waals surface area contributed by atoms with Crippen molar-refractivity contribution in [3.05, 3.63) is 29.3 Å². The van der Waals surface area contributed by atoms with Crippen molar-refractivity contribution in [1.29, 1.82) is 5.41 Å². The van der Waals surface area contributed by atoms with E-state index in [9.17, 15) is 9.59 Å². The topological polar surface area (TPSA) is 82.1 Å². The van der Waals surface area contributed by atoms with E-state index < -0.39 is 5.92 Å². The molecule has 0 spiro atoms. The van der Waals surface area contributed by atoms with Crippen molar-refractivity contribution in [2.75, 3.05) is 12.4 Å². The van der Waals surface area contributed by atoms with Crippen molar-refractivity contribution in [3.8, 4) is 0 Å². The minimum absolute atomic E-state index is 0.245. The summed E-state index contributed by atoms with van der Waals surface area (Å²) in [6.45, 7) is 0. The minimum atomic E-state index is -0.546. The molecule has 1 atom stereocenters. The summed E-state index contributed by atoms with van der Waals surface area (Å²) in [6, 6.07) is 6.19. The Morgan fingerprint density at radius 3 is 2.58 bits per heavy atom. The summed E-state index contributed by atoms with van der Waals surface area (Å²) in [5.74, 6) is -0.541. The Morgan fingerprint density at radius 2 is 1.92 bits per heavy atom. The smallest absolute Gasteiger partial charge is 0.235 e. The van der Waals surface area contributed by atoms with Crippen molar-refractivity contribution >= 4 is 23.2 Å². The van der Waals surface area contributed by atoms with Gasteiger partial charge < -0.3 is 10.7 Å². The van der Waals surface area contributed by atoms with E-state index in [1.165, 1.54) is 37.7 Å². The first kappa shape index (κ1) is 16.7. The zero-order chi connectivity index (χ0) is 17.1. The molecular formula is C19H25N3O2. The predicted octanol–water partition coefficient (Wildman–Crippen LogP) is 3.20. The Hall–Kier alpha value is -2.17. The van der Waals surface area contributed by atoms with Crippen LogP contribution in [0.25, 0.3) is 0 Å². The highest BCUT2D eigenvalue weighted by Gasteiger charge is 2.31. The molecule has 1 saturated carbocycles. The highest BCUT2D eigenvalue weighted by atomic mass is 16.2. The summed E-state index contributed by atoms with van der Waals surface area (Å²) in [6.07, 6.45) is 7.07. The lowest BCUT2D eigenvalue weighted by Gasteiger charge is -2.25. The summed E-state index contributed by atoms with van der Waals surface area (Å²) in [4.78, 5) is 23.3. The zero-order valence-electron chi connectivity index (χ0n) is 14.2. The van der Waals surface area contributed by atoms with Gasteiger partial charge in [-0.3, -0.25) is 14.9 Å². The van der Waals surface area contributed by atoms with E-state index in [1.54, 1.807) is 0 Å². The molecular weight excluding hydrogens is 302 g/mol. The highest BCUT2D eigenvalue weighted by Crippen LogP contribution is 2.35. The zero-order valence-corrected chi connectivity index (χ0v) is 14.2. The first-order chi connectivity index (χ1) is 11.6. The lowest BCUT2D eigenvalue weighted by molar-refractivity contribution is -0.134. The standard InChI is InChI=1S/C19H25N3O2/c1-21-16-11-13(12-5-3-2-4-6-12)7-8-14(16)18(20)15-9-10-17(23)22-19(15)24/h7-8,11-12,15,20-21H,2-6,9-10H2,1H3,(H,22,23,24). The Kier molecular flexibility index (Phi) is 4.97. The van der Waals surface area contributed by atoms with E-state index in [1.807, 2.05) is 13.1 Å². The van der Waals surface area contributed by atoms with Gasteiger partial charge >= 0.3 is 0 Å². The number of carbonyl (C=O) groups excluding carboxylic acids is 2. The fourth-order valence-electron chi connectivity index (χ4n) is 3.85. The molecule has 128 valence electrons. The van der Waals surface area contributed by atoms with Crippen LogP contribution in [0.1, 0.15) is 62.0 Å². The monoisotopic (exact) mass is 327 g/mol. The van der Waals surface area contributed by atoms with E-state index in [-0.39, 0.29) is 11.8 Å². The van der Waals surface area contributed by atoms with Gasteiger partial charge in [0.15, 0.2) is 0 Å². The largest absolute Gasteiger partial charge is 0.388 e. The summed E-state index contributed by atoms with van der Waals surface area (Å²) in [5.41, 5.74) is 3.26. The second kappa shape index (κ2) is 7.16. The lowest BCUT2D eigenvalue weighted by atomic mass is 9.82. The van der Waals surface area contributed by atoms with Crippen LogP contribution in [0.15, 0.2) is 18.2 Å². The minimum Gasteiger partial charge on any atom is -0.388 e. The third-order valence-electron chi connectivity index (χ3n) is 5.27. The summed E-state index contributed by atoms with van der Waals surface area (Å²) < 4.78 is 0. The fourth-order valence-corrected chi connectivity index (χ4v) is 3.85. The average Bonchev–Trinajstić information content (AvgIpc) is 2.61. The molecule has 1 aliphatic heterocycles. The Balaban J connectivity index is 1.83. The van der Waals surface area contributed by atoms with Crippen LogP contribution in [0.2, 0.25) is 0 Å². The molecule has 2 aliphatic rings. The quantitative estimate of drug-likeness (QED) is 0.587. The third-order valence-corrected chi connectivity index (χ3v) is 5.27. The molecule has 5 nitrogen and oxygen atoms in total. The average molecular weight is 327 g/mol. The van der Waals surface area contributed by atoms with Gasteiger partial charge in [-0.2, -0.15) is 0 Å². The van der Waals surface area contributed by atoms with Crippen LogP contribution < -0.4 is 10.6 Å². The van der Waals surface area contributed by atoms with Gasteiger partial charge in [0.25, 0.3) is 0 Å². The molecule has 3 N–H and O–H groups in total. The summed E-state index contributed by atoms with van der Waals surface area (Å²) in [5, 5.41) is 14.0. The van der Waals surface area contributed by atoms with Gasteiger partial charge in [-0.1, -0.05) is 31.4 Å². The van der Waals surface area contributed by atoms with Crippen molar-refractivity contribution in [3.63, 3.8) is 0 Å². The predicted molar refractivity (Wildman–Crippen MR) is 94.5 cm³/mol. The first-order valence-electron chi connectivity index (χ1n) is 8.84. The molecule has 1 aliphatic carbocycles. The van der Waals surface area contributed by atoms with Crippen LogP contribution in [-0.2, 0) is 9.59 Å². The Morgan fingerprint density at radius 1 is 1.17 bits per heavy atom. The molecule has 2 fully saturated rings. The maximum absolute atomic E-state index is 12.0. The molecule has 1 aromatic rings.